The summed E-state index contributed by atoms with van der Waals surface area (Å²) in [7, 11) is 0. The fraction of sp³-hybridized carbons (Fsp3) is 0.125. The van der Waals surface area contributed by atoms with Gasteiger partial charge in [0.25, 0.3) is 5.69 Å². The van der Waals surface area contributed by atoms with Crippen molar-refractivity contribution in [2.75, 3.05) is 0 Å². The van der Waals surface area contributed by atoms with Gasteiger partial charge in [-0.15, -0.1) is 0 Å². The maximum absolute atomic E-state index is 12.9. The SMILES string of the molecule is N#CCc1ccc(F)c(Br)c1[N+](=O)[O-]. The van der Waals surface area contributed by atoms with Gasteiger partial charge in [-0.25, -0.2) is 4.39 Å². The number of hydrogen-bond acceptors (Lipinski definition) is 3. The van der Waals surface area contributed by atoms with Crippen molar-refractivity contribution in [3.8, 4) is 6.07 Å². The average molecular weight is 259 g/mol. The lowest BCUT2D eigenvalue weighted by Crippen LogP contribution is -1.97. The molecule has 0 N–H and O–H groups in total. The van der Waals surface area contributed by atoms with Crippen molar-refractivity contribution < 1.29 is 9.31 Å². The van der Waals surface area contributed by atoms with E-state index < -0.39 is 10.7 Å². The van der Waals surface area contributed by atoms with Crippen molar-refractivity contribution in [1.29, 1.82) is 5.26 Å². The molecule has 0 heterocycles. The summed E-state index contributed by atoms with van der Waals surface area (Å²) < 4.78 is 12.7. The lowest BCUT2D eigenvalue weighted by atomic mass is 10.1. The Labute approximate surface area is 87.2 Å². The third-order valence-electron chi connectivity index (χ3n) is 1.60. The summed E-state index contributed by atoms with van der Waals surface area (Å²) in [6, 6.07) is 4.10. The van der Waals surface area contributed by atoms with Crippen molar-refractivity contribution in [1.82, 2.24) is 0 Å². The molecule has 0 aliphatic rings. The number of benzene rings is 1. The predicted octanol–water partition coefficient (Wildman–Crippen LogP) is 2.56. The van der Waals surface area contributed by atoms with Crippen LogP contribution in [0.4, 0.5) is 10.1 Å². The molecule has 4 nitrogen and oxygen atoms in total. The van der Waals surface area contributed by atoms with Gasteiger partial charge in [-0.2, -0.15) is 5.26 Å². The highest BCUT2D eigenvalue weighted by atomic mass is 79.9. The van der Waals surface area contributed by atoms with Gasteiger partial charge in [-0.1, -0.05) is 0 Å². The number of rotatable bonds is 2. The Bertz CT molecular complexity index is 428. The van der Waals surface area contributed by atoms with Crippen LogP contribution in [0.2, 0.25) is 0 Å². The molecule has 0 bridgehead atoms. The monoisotopic (exact) mass is 258 g/mol. The Morgan fingerprint density at radius 2 is 2.29 bits per heavy atom. The molecular formula is C8H4BrFN2O2. The maximum Gasteiger partial charge on any atom is 0.290 e. The predicted molar refractivity (Wildman–Crippen MR) is 50.1 cm³/mol. The molecule has 1 aromatic rings. The zero-order chi connectivity index (χ0) is 10.7. The first-order valence-electron chi connectivity index (χ1n) is 3.56. The third-order valence-corrected chi connectivity index (χ3v) is 2.36. The summed E-state index contributed by atoms with van der Waals surface area (Å²) in [6.45, 7) is 0. The molecule has 0 aliphatic carbocycles. The Balaban J connectivity index is 3.39. The number of halogens is 2. The minimum Gasteiger partial charge on any atom is -0.258 e. The highest BCUT2D eigenvalue weighted by molar-refractivity contribution is 9.10. The van der Waals surface area contributed by atoms with Gasteiger partial charge in [0, 0.05) is 5.56 Å². The summed E-state index contributed by atoms with van der Waals surface area (Å²) in [4.78, 5) is 9.86. The second kappa shape index (κ2) is 4.15. The van der Waals surface area contributed by atoms with Crippen LogP contribution in [-0.4, -0.2) is 4.92 Å². The van der Waals surface area contributed by atoms with Crippen LogP contribution in [0.1, 0.15) is 5.56 Å². The smallest absolute Gasteiger partial charge is 0.258 e. The molecule has 0 fully saturated rings. The van der Waals surface area contributed by atoms with Crippen molar-refractivity contribution >= 4 is 21.6 Å². The van der Waals surface area contributed by atoms with Gasteiger partial charge in [-0.3, -0.25) is 10.1 Å². The molecule has 0 radical (unpaired) electrons. The molecule has 0 spiro atoms. The van der Waals surface area contributed by atoms with Crippen molar-refractivity contribution in [3.05, 3.63) is 38.1 Å². The first kappa shape index (κ1) is 10.6. The fourth-order valence-electron chi connectivity index (χ4n) is 1.01. The number of nitriles is 1. The largest absolute Gasteiger partial charge is 0.290 e. The Kier molecular flexibility index (Phi) is 3.14. The van der Waals surface area contributed by atoms with E-state index in [2.05, 4.69) is 15.9 Å². The van der Waals surface area contributed by atoms with Crippen LogP contribution in [0.5, 0.6) is 0 Å². The van der Waals surface area contributed by atoms with Crippen LogP contribution in [0.15, 0.2) is 16.6 Å². The highest BCUT2D eigenvalue weighted by Gasteiger charge is 2.21. The standard InChI is InChI=1S/C8H4BrFN2O2/c9-7-6(10)2-1-5(3-4-11)8(7)12(13)14/h1-2H,3H2. The van der Waals surface area contributed by atoms with Crippen LogP contribution < -0.4 is 0 Å². The summed E-state index contributed by atoms with van der Waals surface area (Å²) in [6.07, 6.45) is -0.116. The molecule has 0 saturated carbocycles. The lowest BCUT2D eigenvalue weighted by Gasteiger charge is -2.01. The van der Waals surface area contributed by atoms with E-state index in [1.807, 2.05) is 0 Å². The van der Waals surface area contributed by atoms with E-state index in [0.717, 1.165) is 6.07 Å². The molecule has 0 atom stereocenters. The van der Waals surface area contributed by atoms with Gasteiger partial charge in [0.15, 0.2) is 0 Å². The van der Waals surface area contributed by atoms with Gasteiger partial charge in [0.05, 0.1) is 17.4 Å². The molecule has 6 heteroatoms. The van der Waals surface area contributed by atoms with Crippen LogP contribution in [-0.2, 0) is 6.42 Å². The number of nitrogens with zero attached hydrogens (tertiary/aromatic N) is 2. The highest BCUT2D eigenvalue weighted by Crippen LogP contribution is 2.31. The third kappa shape index (κ3) is 1.88. The molecule has 14 heavy (non-hydrogen) atoms. The number of nitro benzene ring substituents is 1. The zero-order valence-electron chi connectivity index (χ0n) is 6.83. The minimum absolute atomic E-state index is 0.116. The zero-order valence-corrected chi connectivity index (χ0v) is 8.41. The molecule has 1 rings (SSSR count). The Hall–Kier alpha value is -1.48. The lowest BCUT2D eigenvalue weighted by molar-refractivity contribution is -0.386. The molecule has 0 aliphatic heterocycles. The van der Waals surface area contributed by atoms with E-state index in [9.17, 15) is 14.5 Å². The fourth-order valence-corrected chi connectivity index (χ4v) is 1.54. The van der Waals surface area contributed by atoms with Crippen LogP contribution in [0, 0.1) is 27.3 Å². The average Bonchev–Trinajstić information content (AvgIpc) is 2.11. The molecule has 1 aromatic carbocycles. The molecule has 0 amide bonds. The Morgan fingerprint density at radius 1 is 1.64 bits per heavy atom. The van der Waals surface area contributed by atoms with Crippen molar-refractivity contribution in [2.24, 2.45) is 0 Å². The van der Waals surface area contributed by atoms with E-state index in [-0.39, 0.29) is 22.1 Å². The molecule has 0 aromatic heterocycles. The van der Waals surface area contributed by atoms with E-state index in [1.54, 1.807) is 6.07 Å². The minimum atomic E-state index is -0.710. The van der Waals surface area contributed by atoms with Gasteiger partial charge in [-0.05, 0) is 28.1 Å². The van der Waals surface area contributed by atoms with Crippen LogP contribution >= 0.6 is 15.9 Å². The van der Waals surface area contributed by atoms with Crippen molar-refractivity contribution in [2.45, 2.75) is 6.42 Å². The van der Waals surface area contributed by atoms with E-state index >= 15 is 0 Å². The number of nitro groups is 1. The first-order chi connectivity index (χ1) is 6.57. The molecule has 72 valence electrons. The normalized spacial score (nSPS) is 9.50. The summed E-state index contributed by atoms with van der Waals surface area (Å²) in [5, 5.41) is 19.0. The van der Waals surface area contributed by atoms with Gasteiger partial charge in [0.1, 0.15) is 10.3 Å². The Morgan fingerprint density at radius 3 is 2.79 bits per heavy atom. The van der Waals surface area contributed by atoms with Gasteiger partial charge >= 0.3 is 0 Å². The van der Waals surface area contributed by atoms with E-state index in [4.69, 9.17) is 5.26 Å². The second-order valence-electron chi connectivity index (χ2n) is 2.46. The van der Waals surface area contributed by atoms with Crippen LogP contribution in [0.25, 0.3) is 0 Å². The van der Waals surface area contributed by atoms with Crippen LogP contribution in [0.3, 0.4) is 0 Å². The number of hydrogen-bond donors (Lipinski definition) is 0. The molecule has 0 saturated heterocycles. The maximum atomic E-state index is 12.9. The van der Waals surface area contributed by atoms with Crippen molar-refractivity contribution in [3.63, 3.8) is 0 Å². The van der Waals surface area contributed by atoms with E-state index in [1.165, 1.54) is 6.07 Å². The van der Waals surface area contributed by atoms with Gasteiger partial charge in [0.2, 0.25) is 0 Å². The quantitative estimate of drug-likeness (QED) is 0.605. The summed E-state index contributed by atoms with van der Waals surface area (Å²) in [5.74, 6) is -0.710. The van der Waals surface area contributed by atoms with E-state index in [0.29, 0.717) is 0 Å². The van der Waals surface area contributed by atoms with Gasteiger partial charge < -0.3 is 0 Å². The summed E-state index contributed by atoms with van der Waals surface area (Å²) in [5.41, 5.74) is -0.183. The second-order valence-corrected chi connectivity index (χ2v) is 3.25. The summed E-state index contributed by atoms with van der Waals surface area (Å²) >= 11 is 2.78. The molecule has 0 unspecified atom stereocenters. The molecular weight excluding hydrogens is 255 g/mol. The topological polar surface area (TPSA) is 66.9 Å². The first-order valence-corrected chi connectivity index (χ1v) is 4.35.